The van der Waals surface area contributed by atoms with Gasteiger partial charge in [-0.1, -0.05) is 24.3 Å². The second-order valence-corrected chi connectivity index (χ2v) is 4.46. The smallest absolute Gasteiger partial charge is 0.311 e. The lowest BCUT2D eigenvalue weighted by Gasteiger charge is -2.25. The Hall–Kier alpha value is -1.07. The van der Waals surface area contributed by atoms with Crippen molar-refractivity contribution >= 4 is 0 Å². The number of alkyl halides is 3. The normalized spacial score (nSPS) is 19.6. The third-order valence-corrected chi connectivity index (χ3v) is 3.15. The van der Waals surface area contributed by atoms with Gasteiger partial charge < -0.3 is 5.32 Å². The maximum atomic E-state index is 11.8. The van der Waals surface area contributed by atoms with E-state index in [2.05, 4.69) is 22.2 Å². The van der Waals surface area contributed by atoms with Gasteiger partial charge in [0.1, 0.15) is 0 Å². The fraction of sp³-hybridized carbons (Fsp3) is 0.538. The summed E-state index contributed by atoms with van der Waals surface area (Å²) in [6.45, 7) is -0.103. The van der Waals surface area contributed by atoms with E-state index < -0.39 is 6.36 Å². The van der Waals surface area contributed by atoms with Crippen LogP contribution in [0.3, 0.4) is 0 Å². The lowest BCUT2D eigenvalue weighted by Crippen LogP contribution is -2.37. The monoisotopic (exact) mass is 259 g/mol. The molecule has 1 aromatic carbocycles. The highest BCUT2D eigenvalue weighted by Gasteiger charge is 2.28. The second kappa shape index (κ2) is 5.71. The van der Waals surface area contributed by atoms with Gasteiger partial charge in [0.25, 0.3) is 0 Å². The van der Waals surface area contributed by atoms with E-state index in [1.54, 1.807) is 0 Å². The fourth-order valence-corrected chi connectivity index (χ4v) is 2.30. The number of rotatable bonds is 4. The van der Waals surface area contributed by atoms with Crippen molar-refractivity contribution in [3.63, 3.8) is 0 Å². The van der Waals surface area contributed by atoms with E-state index in [0.29, 0.717) is 0 Å². The van der Waals surface area contributed by atoms with Crippen LogP contribution in [0.1, 0.15) is 17.5 Å². The quantitative estimate of drug-likeness (QED) is 0.839. The third kappa shape index (κ3) is 3.99. The number of nitrogens with one attached hydrogen (secondary N) is 1. The molecule has 1 aliphatic rings. The number of aryl methyl sites for hydroxylation is 1. The first-order chi connectivity index (χ1) is 8.54. The number of benzene rings is 1. The van der Waals surface area contributed by atoms with Crippen LogP contribution in [-0.2, 0) is 17.6 Å². The van der Waals surface area contributed by atoms with Crippen molar-refractivity contribution in [2.45, 2.75) is 31.7 Å². The molecule has 0 bridgehead atoms. The van der Waals surface area contributed by atoms with Crippen molar-refractivity contribution in [3.8, 4) is 0 Å². The van der Waals surface area contributed by atoms with Crippen molar-refractivity contribution in [2.24, 2.45) is 0 Å². The number of ether oxygens (including phenoxy) is 1. The van der Waals surface area contributed by atoms with Crippen LogP contribution < -0.4 is 5.32 Å². The van der Waals surface area contributed by atoms with Crippen LogP contribution in [0.15, 0.2) is 24.3 Å². The molecule has 100 valence electrons. The lowest BCUT2D eigenvalue weighted by atomic mass is 9.88. The summed E-state index contributed by atoms with van der Waals surface area (Å²) >= 11 is 0. The highest BCUT2D eigenvalue weighted by atomic mass is 19.4. The minimum atomic E-state index is -4.53. The Morgan fingerprint density at radius 1 is 1.22 bits per heavy atom. The molecule has 0 radical (unpaired) electrons. The molecular formula is C13H16F3NO. The van der Waals surface area contributed by atoms with Gasteiger partial charge in [0.15, 0.2) is 0 Å². The van der Waals surface area contributed by atoms with Crippen molar-refractivity contribution in [3.05, 3.63) is 35.4 Å². The molecule has 1 N–H and O–H groups in total. The Labute approximate surface area is 104 Å². The van der Waals surface area contributed by atoms with E-state index >= 15 is 0 Å². The number of halogens is 3. The van der Waals surface area contributed by atoms with Gasteiger partial charge in [-0.2, -0.15) is 0 Å². The number of hydrogen-bond acceptors (Lipinski definition) is 2. The fourth-order valence-electron chi connectivity index (χ4n) is 2.30. The van der Waals surface area contributed by atoms with Crippen LogP contribution in [0.2, 0.25) is 0 Å². The lowest BCUT2D eigenvalue weighted by molar-refractivity contribution is -0.323. The molecule has 0 saturated heterocycles. The molecule has 0 heterocycles. The summed E-state index contributed by atoms with van der Waals surface area (Å²) in [6.07, 6.45) is -1.71. The van der Waals surface area contributed by atoms with Crippen LogP contribution in [0, 0.1) is 0 Å². The van der Waals surface area contributed by atoms with Gasteiger partial charge in [-0.15, -0.1) is 13.2 Å². The molecule has 0 amide bonds. The summed E-state index contributed by atoms with van der Waals surface area (Å²) in [5.41, 5.74) is 2.64. The van der Waals surface area contributed by atoms with Crippen LogP contribution in [-0.4, -0.2) is 25.6 Å². The largest absolute Gasteiger partial charge is 0.522 e. The molecule has 0 spiro atoms. The minimum Gasteiger partial charge on any atom is -0.311 e. The Balaban J connectivity index is 1.73. The summed E-state index contributed by atoms with van der Waals surface area (Å²) in [5.74, 6) is 0. The zero-order valence-corrected chi connectivity index (χ0v) is 9.96. The molecule has 2 nitrogen and oxygen atoms in total. The molecular weight excluding hydrogens is 243 g/mol. The summed E-state index contributed by atoms with van der Waals surface area (Å²) in [7, 11) is 0. The first-order valence-corrected chi connectivity index (χ1v) is 6.05. The molecule has 1 unspecified atom stereocenters. The molecule has 1 atom stereocenters. The van der Waals surface area contributed by atoms with E-state index in [1.165, 1.54) is 11.1 Å². The van der Waals surface area contributed by atoms with Crippen molar-refractivity contribution in [2.75, 3.05) is 13.2 Å². The molecule has 2 rings (SSSR count). The Morgan fingerprint density at radius 2 is 1.94 bits per heavy atom. The predicted molar refractivity (Wildman–Crippen MR) is 62.3 cm³/mol. The van der Waals surface area contributed by atoms with E-state index in [9.17, 15) is 13.2 Å². The van der Waals surface area contributed by atoms with E-state index in [4.69, 9.17) is 0 Å². The first kappa shape index (κ1) is 13.4. The molecule has 1 aliphatic carbocycles. The van der Waals surface area contributed by atoms with E-state index in [-0.39, 0.29) is 19.2 Å². The van der Waals surface area contributed by atoms with Crippen LogP contribution in [0.5, 0.6) is 0 Å². The number of hydrogen-bond donors (Lipinski definition) is 1. The summed E-state index contributed by atoms with van der Waals surface area (Å²) in [4.78, 5) is 0. The highest BCUT2D eigenvalue weighted by Crippen LogP contribution is 2.21. The van der Waals surface area contributed by atoms with Gasteiger partial charge in [0.05, 0.1) is 6.61 Å². The van der Waals surface area contributed by atoms with Gasteiger partial charge in [-0.3, -0.25) is 4.74 Å². The standard InChI is InChI=1S/C13H16F3NO/c14-13(15,16)18-8-7-17-12-6-5-10-3-1-2-4-11(10)9-12/h1-4,12,17H,5-9H2. The molecule has 18 heavy (non-hydrogen) atoms. The average Bonchev–Trinajstić information content (AvgIpc) is 2.33. The van der Waals surface area contributed by atoms with Crippen molar-refractivity contribution in [1.82, 2.24) is 5.32 Å². The zero-order valence-electron chi connectivity index (χ0n) is 9.96. The maximum absolute atomic E-state index is 11.8. The van der Waals surface area contributed by atoms with Gasteiger partial charge in [0, 0.05) is 12.6 Å². The van der Waals surface area contributed by atoms with Gasteiger partial charge in [-0.05, 0) is 30.4 Å². The summed E-state index contributed by atoms with van der Waals surface area (Å²) in [6, 6.07) is 8.45. The van der Waals surface area contributed by atoms with Crippen LogP contribution in [0.4, 0.5) is 13.2 Å². The maximum Gasteiger partial charge on any atom is 0.522 e. The second-order valence-electron chi connectivity index (χ2n) is 4.46. The minimum absolute atomic E-state index is 0.229. The molecule has 0 aliphatic heterocycles. The van der Waals surface area contributed by atoms with Crippen LogP contribution in [0.25, 0.3) is 0 Å². The molecule has 0 saturated carbocycles. The van der Waals surface area contributed by atoms with Crippen LogP contribution >= 0.6 is 0 Å². The molecule has 0 fully saturated rings. The van der Waals surface area contributed by atoms with Gasteiger partial charge >= 0.3 is 6.36 Å². The van der Waals surface area contributed by atoms with Crippen molar-refractivity contribution < 1.29 is 17.9 Å². The van der Waals surface area contributed by atoms with Gasteiger partial charge in [-0.25, -0.2) is 0 Å². The Bertz CT molecular complexity index is 392. The van der Waals surface area contributed by atoms with Crippen molar-refractivity contribution in [1.29, 1.82) is 0 Å². The zero-order chi connectivity index (χ0) is 13.0. The SMILES string of the molecule is FC(F)(F)OCCNC1CCc2ccccc2C1. The van der Waals surface area contributed by atoms with E-state index in [0.717, 1.165) is 19.3 Å². The average molecular weight is 259 g/mol. The Morgan fingerprint density at radius 3 is 2.67 bits per heavy atom. The highest BCUT2D eigenvalue weighted by molar-refractivity contribution is 5.30. The van der Waals surface area contributed by atoms with E-state index in [1.807, 2.05) is 12.1 Å². The molecule has 5 heteroatoms. The Kier molecular flexibility index (Phi) is 4.24. The predicted octanol–water partition coefficient (Wildman–Crippen LogP) is 2.67. The molecule has 1 aromatic rings. The molecule has 0 aromatic heterocycles. The summed E-state index contributed by atoms with van der Waals surface area (Å²) < 4.78 is 39.0. The summed E-state index contributed by atoms with van der Waals surface area (Å²) in [5, 5.41) is 3.11. The first-order valence-electron chi connectivity index (χ1n) is 6.05. The van der Waals surface area contributed by atoms with Gasteiger partial charge in [0.2, 0.25) is 0 Å². The number of fused-ring (bicyclic) bond motifs is 1. The third-order valence-electron chi connectivity index (χ3n) is 3.15. The topological polar surface area (TPSA) is 21.3 Å².